The molecule has 4 nitrogen and oxygen atoms in total. The van der Waals surface area contributed by atoms with E-state index in [1.165, 1.54) is 15.3 Å². The molecule has 110 valence electrons. The third kappa shape index (κ3) is 5.91. The molecule has 0 atom stereocenters. The first-order chi connectivity index (χ1) is 9.16. The molecule has 0 N–H and O–H groups in total. The molecule has 1 aromatic rings. The first-order valence-corrected chi connectivity index (χ1v) is 7.32. The van der Waals surface area contributed by atoms with Gasteiger partial charge in [-0.05, 0) is 20.8 Å². The maximum absolute atomic E-state index is 5.76. The van der Waals surface area contributed by atoms with Crippen LogP contribution in [0, 0.1) is 20.8 Å². The lowest BCUT2D eigenvalue weighted by molar-refractivity contribution is 0.0179. The van der Waals surface area contributed by atoms with E-state index in [0.29, 0.717) is 39.6 Å². The minimum Gasteiger partial charge on any atom is -0.490 e. The zero-order valence-electron chi connectivity index (χ0n) is 12.3. The Balaban J connectivity index is 2.05. The SMILES string of the molecule is COCCOCCOCCOc1c(C)sc(C)c1C. The first kappa shape index (κ1) is 16.4. The number of methoxy groups -OCH3 is 1. The van der Waals surface area contributed by atoms with Gasteiger partial charge in [-0.1, -0.05) is 0 Å². The van der Waals surface area contributed by atoms with Crippen molar-refractivity contribution < 1.29 is 18.9 Å². The number of thiophene rings is 1. The zero-order valence-corrected chi connectivity index (χ0v) is 13.1. The average Bonchev–Trinajstić information content (AvgIpc) is 2.63. The lowest BCUT2D eigenvalue weighted by atomic mass is 10.2. The van der Waals surface area contributed by atoms with Gasteiger partial charge in [-0.15, -0.1) is 11.3 Å². The van der Waals surface area contributed by atoms with Crippen LogP contribution in [0.4, 0.5) is 0 Å². The molecule has 0 saturated heterocycles. The smallest absolute Gasteiger partial charge is 0.136 e. The largest absolute Gasteiger partial charge is 0.490 e. The molecule has 0 saturated carbocycles. The van der Waals surface area contributed by atoms with E-state index in [1.807, 2.05) is 0 Å². The van der Waals surface area contributed by atoms with E-state index < -0.39 is 0 Å². The summed E-state index contributed by atoms with van der Waals surface area (Å²) in [5, 5.41) is 0. The molecular formula is C14H24O4S. The number of hydrogen-bond donors (Lipinski definition) is 0. The van der Waals surface area contributed by atoms with Gasteiger partial charge in [0.2, 0.25) is 0 Å². The van der Waals surface area contributed by atoms with Crippen molar-refractivity contribution in [2.45, 2.75) is 20.8 Å². The van der Waals surface area contributed by atoms with Crippen LogP contribution < -0.4 is 4.74 Å². The van der Waals surface area contributed by atoms with E-state index >= 15 is 0 Å². The van der Waals surface area contributed by atoms with Crippen LogP contribution in [-0.2, 0) is 14.2 Å². The van der Waals surface area contributed by atoms with Crippen molar-refractivity contribution in [3.8, 4) is 5.75 Å². The average molecular weight is 288 g/mol. The van der Waals surface area contributed by atoms with Crippen molar-refractivity contribution in [1.29, 1.82) is 0 Å². The van der Waals surface area contributed by atoms with Crippen molar-refractivity contribution in [1.82, 2.24) is 0 Å². The van der Waals surface area contributed by atoms with Crippen LogP contribution in [-0.4, -0.2) is 46.8 Å². The lowest BCUT2D eigenvalue weighted by Gasteiger charge is -2.08. The van der Waals surface area contributed by atoms with Gasteiger partial charge in [-0.3, -0.25) is 0 Å². The monoisotopic (exact) mass is 288 g/mol. The molecular weight excluding hydrogens is 264 g/mol. The highest BCUT2D eigenvalue weighted by molar-refractivity contribution is 7.12. The molecule has 1 rings (SSSR count). The fraction of sp³-hybridized carbons (Fsp3) is 0.714. The first-order valence-electron chi connectivity index (χ1n) is 6.50. The van der Waals surface area contributed by atoms with Crippen LogP contribution in [0.15, 0.2) is 0 Å². The number of aryl methyl sites for hydroxylation is 2. The fourth-order valence-corrected chi connectivity index (χ4v) is 2.66. The molecule has 0 aliphatic carbocycles. The predicted octanol–water partition coefficient (Wildman–Crippen LogP) is 2.73. The summed E-state index contributed by atoms with van der Waals surface area (Å²) >= 11 is 1.78. The van der Waals surface area contributed by atoms with Gasteiger partial charge in [0.25, 0.3) is 0 Å². The highest BCUT2D eigenvalue weighted by atomic mass is 32.1. The van der Waals surface area contributed by atoms with Crippen molar-refractivity contribution >= 4 is 11.3 Å². The minimum absolute atomic E-state index is 0.579. The van der Waals surface area contributed by atoms with Gasteiger partial charge in [0, 0.05) is 22.4 Å². The van der Waals surface area contributed by atoms with E-state index in [2.05, 4.69) is 20.8 Å². The molecule has 0 aliphatic rings. The van der Waals surface area contributed by atoms with E-state index in [-0.39, 0.29) is 0 Å². The summed E-state index contributed by atoms with van der Waals surface area (Å²) in [6, 6.07) is 0. The Kier molecular flexibility index (Phi) is 8.05. The van der Waals surface area contributed by atoms with Gasteiger partial charge < -0.3 is 18.9 Å². The van der Waals surface area contributed by atoms with Crippen LogP contribution >= 0.6 is 11.3 Å². The van der Waals surface area contributed by atoms with Crippen LogP contribution in [0.1, 0.15) is 15.3 Å². The molecule has 1 aromatic heterocycles. The van der Waals surface area contributed by atoms with E-state index in [4.69, 9.17) is 18.9 Å². The topological polar surface area (TPSA) is 36.9 Å². The fourth-order valence-electron chi connectivity index (χ4n) is 1.65. The second-order valence-electron chi connectivity index (χ2n) is 4.23. The maximum Gasteiger partial charge on any atom is 0.136 e. The lowest BCUT2D eigenvalue weighted by Crippen LogP contribution is -2.12. The zero-order chi connectivity index (χ0) is 14.1. The summed E-state index contributed by atoms with van der Waals surface area (Å²) in [7, 11) is 1.66. The van der Waals surface area contributed by atoms with Crippen molar-refractivity contribution in [2.24, 2.45) is 0 Å². The third-order valence-electron chi connectivity index (χ3n) is 2.77. The quantitative estimate of drug-likeness (QED) is 0.620. The predicted molar refractivity (Wildman–Crippen MR) is 77.5 cm³/mol. The number of hydrogen-bond acceptors (Lipinski definition) is 5. The van der Waals surface area contributed by atoms with Crippen LogP contribution in [0.5, 0.6) is 5.75 Å². The second kappa shape index (κ2) is 9.31. The van der Waals surface area contributed by atoms with Crippen LogP contribution in [0.3, 0.4) is 0 Å². The Labute approximate surface area is 119 Å². The van der Waals surface area contributed by atoms with Gasteiger partial charge in [-0.25, -0.2) is 0 Å². The Hall–Kier alpha value is -0.620. The molecule has 0 unspecified atom stereocenters. The molecule has 0 spiro atoms. The Morgan fingerprint density at radius 3 is 1.89 bits per heavy atom. The van der Waals surface area contributed by atoms with Gasteiger partial charge in [-0.2, -0.15) is 0 Å². The van der Waals surface area contributed by atoms with Crippen LogP contribution in [0.25, 0.3) is 0 Å². The van der Waals surface area contributed by atoms with Gasteiger partial charge in [0.1, 0.15) is 12.4 Å². The Morgan fingerprint density at radius 1 is 0.789 bits per heavy atom. The molecule has 0 radical (unpaired) electrons. The summed E-state index contributed by atoms with van der Waals surface area (Å²) in [6.07, 6.45) is 0. The molecule has 0 amide bonds. The Morgan fingerprint density at radius 2 is 1.37 bits per heavy atom. The maximum atomic E-state index is 5.76. The number of rotatable bonds is 10. The third-order valence-corrected chi connectivity index (χ3v) is 3.88. The molecule has 1 heterocycles. The summed E-state index contributed by atoms with van der Waals surface area (Å²) in [5.74, 6) is 1.02. The molecule has 0 bridgehead atoms. The van der Waals surface area contributed by atoms with E-state index in [9.17, 15) is 0 Å². The van der Waals surface area contributed by atoms with Crippen molar-refractivity contribution in [3.05, 3.63) is 15.3 Å². The van der Waals surface area contributed by atoms with E-state index in [1.54, 1.807) is 18.4 Å². The summed E-state index contributed by atoms with van der Waals surface area (Å²) in [5.41, 5.74) is 1.24. The second-order valence-corrected chi connectivity index (χ2v) is 5.66. The van der Waals surface area contributed by atoms with Crippen LogP contribution in [0.2, 0.25) is 0 Å². The Bertz CT molecular complexity index is 363. The number of ether oxygens (including phenoxy) is 4. The van der Waals surface area contributed by atoms with Gasteiger partial charge in [0.05, 0.1) is 33.0 Å². The summed E-state index contributed by atoms with van der Waals surface area (Å²) in [4.78, 5) is 2.55. The molecule has 0 aromatic carbocycles. The molecule has 5 heteroatoms. The highest BCUT2D eigenvalue weighted by Gasteiger charge is 2.09. The molecule has 0 aliphatic heterocycles. The van der Waals surface area contributed by atoms with Gasteiger partial charge >= 0.3 is 0 Å². The highest BCUT2D eigenvalue weighted by Crippen LogP contribution is 2.33. The normalized spacial score (nSPS) is 10.9. The summed E-state index contributed by atoms with van der Waals surface area (Å²) < 4.78 is 21.4. The summed E-state index contributed by atoms with van der Waals surface area (Å²) in [6.45, 7) is 9.89. The minimum atomic E-state index is 0.579. The van der Waals surface area contributed by atoms with Crippen molar-refractivity contribution in [2.75, 3.05) is 46.8 Å². The van der Waals surface area contributed by atoms with Gasteiger partial charge in [0.15, 0.2) is 0 Å². The molecule has 0 fully saturated rings. The molecule has 19 heavy (non-hydrogen) atoms. The van der Waals surface area contributed by atoms with E-state index in [0.717, 1.165) is 5.75 Å². The standard InChI is InChI=1S/C14H24O4S/c1-11-12(2)19-13(3)14(11)18-10-9-17-8-7-16-6-5-15-4/h5-10H2,1-4H3. The van der Waals surface area contributed by atoms with Crippen molar-refractivity contribution in [3.63, 3.8) is 0 Å².